The van der Waals surface area contributed by atoms with Gasteiger partial charge >= 0.3 is 0 Å². The van der Waals surface area contributed by atoms with Crippen molar-refractivity contribution in [3.05, 3.63) is 40.2 Å². The molecule has 1 N–H and O–H groups in total. The Morgan fingerprint density at radius 2 is 2.16 bits per heavy atom. The van der Waals surface area contributed by atoms with Crippen LogP contribution in [0.15, 0.2) is 23.0 Å². The van der Waals surface area contributed by atoms with Crippen molar-refractivity contribution in [3.8, 4) is 0 Å². The Kier molecular flexibility index (Phi) is 3.29. The van der Waals surface area contributed by atoms with Gasteiger partial charge in [0.15, 0.2) is 0 Å². The molecule has 1 fully saturated rings. The van der Waals surface area contributed by atoms with E-state index in [1.807, 2.05) is 0 Å². The number of aromatic nitrogens is 2. The van der Waals surface area contributed by atoms with Crippen molar-refractivity contribution in [1.82, 2.24) is 9.97 Å². The van der Waals surface area contributed by atoms with E-state index >= 15 is 0 Å². The van der Waals surface area contributed by atoms with Crippen LogP contribution < -0.4 is 5.56 Å². The number of ether oxygens (including phenoxy) is 1. The number of nitrogens with zero attached hydrogens (tertiary/aromatic N) is 1. The first-order valence-electron chi connectivity index (χ1n) is 6.52. The number of H-pyrrole nitrogens is 1. The second-order valence-corrected chi connectivity index (χ2v) is 4.89. The molecule has 100 valence electrons. The zero-order valence-electron chi connectivity index (χ0n) is 10.5. The van der Waals surface area contributed by atoms with Crippen LogP contribution in [0.2, 0.25) is 0 Å². The van der Waals surface area contributed by atoms with E-state index in [0.29, 0.717) is 16.7 Å². The highest BCUT2D eigenvalue weighted by molar-refractivity contribution is 5.77. The van der Waals surface area contributed by atoms with Crippen molar-refractivity contribution >= 4 is 10.9 Å². The summed E-state index contributed by atoms with van der Waals surface area (Å²) in [5, 5.41) is 0.394. The van der Waals surface area contributed by atoms with Gasteiger partial charge in [-0.15, -0.1) is 0 Å². The van der Waals surface area contributed by atoms with Crippen LogP contribution in [0.3, 0.4) is 0 Å². The minimum Gasteiger partial charge on any atom is -0.370 e. The Morgan fingerprint density at radius 3 is 2.95 bits per heavy atom. The Morgan fingerprint density at radius 1 is 1.37 bits per heavy atom. The van der Waals surface area contributed by atoms with Gasteiger partial charge in [-0.3, -0.25) is 4.79 Å². The molecule has 0 radical (unpaired) electrons. The van der Waals surface area contributed by atoms with Crippen LogP contribution in [0.5, 0.6) is 0 Å². The van der Waals surface area contributed by atoms with Crippen LogP contribution in [0, 0.1) is 5.82 Å². The van der Waals surface area contributed by atoms with Crippen molar-refractivity contribution in [2.45, 2.75) is 38.4 Å². The largest absolute Gasteiger partial charge is 0.370 e. The van der Waals surface area contributed by atoms with Crippen LogP contribution in [0.1, 0.15) is 31.5 Å². The molecule has 1 saturated carbocycles. The summed E-state index contributed by atoms with van der Waals surface area (Å²) in [7, 11) is 0. The summed E-state index contributed by atoms with van der Waals surface area (Å²) in [4.78, 5) is 18.8. The minimum atomic E-state index is -0.395. The molecule has 0 amide bonds. The molecular formula is C14H15FN2O2. The maximum Gasteiger partial charge on any atom is 0.258 e. The molecule has 5 heteroatoms. The van der Waals surface area contributed by atoms with Crippen LogP contribution in [0.4, 0.5) is 4.39 Å². The molecule has 0 spiro atoms. The van der Waals surface area contributed by atoms with Gasteiger partial charge in [0.25, 0.3) is 5.56 Å². The number of benzene rings is 1. The molecule has 1 heterocycles. The van der Waals surface area contributed by atoms with Crippen molar-refractivity contribution in [2.75, 3.05) is 0 Å². The lowest BCUT2D eigenvalue weighted by molar-refractivity contribution is 0.0417. The highest BCUT2D eigenvalue weighted by atomic mass is 19.1. The average Bonchev–Trinajstić information content (AvgIpc) is 2.89. The van der Waals surface area contributed by atoms with Crippen LogP contribution in [-0.4, -0.2) is 16.1 Å². The SMILES string of the molecule is O=c1[nH]c(COC2CCCC2)nc2cc(F)ccc12. The number of nitrogens with one attached hydrogen (secondary N) is 1. The van der Waals surface area contributed by atoms with Crippen molar-refractivity contribution in [1.29, 1.82) is 0 Å². The van der Waals surface area contributed by atoms with Crippen LogP contribution >= 0.6 is 0 Å². The van der Waals surface area contributed by atoms with Gasteiger partial charge in [-0.1, -0.05) is 12.8 Å². The number of aromatic amines is 1. The van der Waals surface area contributed by atoms with Gasteiger partial charge in [0.1, 0.15) is 18.2 Å². The second kappa shape index (κ2) is 5.09. The molecule has 19 heavy (non-hydrogen) atoms. The van der Waals surface area contributed by atoms with Crippen molar-refractivity contribution in [2.24, 2.45) is 0 Å². The van der Waals surface area contributed by atoms with E-state index in [0.717, 1.165) is 12.8 Å². The first-order chi connectivity index (χ1) is 9.22. The first-order valence-corrected chi connectivity index (χ1v) is 6.52. The smallest absolute Gasteiger partial charge is 0.258 e. The number of hydrogen-bond acceptors (Lipinski definition) is 3. The van der Waals surface area contributed by atoms with E-state index in [-0.39, 0.29) is 18.3 Å². The molecule has 1 aliphatic rings. The summed E-state index contributed by atoms with van der Waals surface area (Å²) in [6, 6.07) is 3.97. The third-order valence-corrected chi connectivity index (χ3v) is 3.48. The molecule has 0 unspecified atom stereocenters. The van der Waals surface area contributed by atoms with Gasteiger partial charge in [-0.2, -0.15) is 0 Å². The van der Waals surface area contributed by atoms with E-state index in [1.165, 1.54) is 31.0 Å². The number of halogens is 1. The number of rotatable bonds is 3. The Balaban J connectivity index is 1.85. The van der Waals surface area contributed by atoms with E-state index in [4.69, 9.17) is 4.74 Å². The van der Waals surface area contributed by atoms with Crippen LogP contribution in [-0.2, 0) is 11.3 Å². The lowest BCUT2D eigenvalue weighted by Gasteiger charge is -2.10. The third-order valence-electron chi connectivity index (χ3n) is 3.48. The molecule has 1 aromatic heterocycles. The molecule has 0 atom stereocenters. The third kappa shape index (κ3) is 2.66. The average molecular weight is 262 g/mol. The van der Waals surface area contributed by atoms with Crippen molar-refractivity contribution in [3.63, 3.8) is 0 Å². The molecule has 3 rings (SSSR count). The van der Waals surface area contributed by atoms with Gasteiger partial charge in [0.2, 0.25) is 0 Å². The maximum absolute atomic E-state index is 13.1. The number of fused-ring (bicyclic) bond motifs is 1. The molecule has 0 aliphatic heterocycles. The molecule has 2 aromatic rings. The van der Waals surface area contributed by atoms with Crippen molar-refractivity contribution < 1.29 is 9.13 Å². The van der Waals surface area contributed by atoms with Gasteiger partial charge in [-0.05, 0) is 25.0 Å². The standard InChI is InChI=1S/C14H15FN2O2/c15-9-5-6-11-12(7-9)16-13(17-14(11)18)8-19-10-3-1-2-4-10/h5-7,10H,1-4,8H2,(H,16,17,18). The predicted molar refractivity (Wildman–Crippen MR) is 69.4 cm³/mol. The second-order valence-electron chi connectivity index (χ2n) is 4.89. The molecular weight excluding hydrogens is 247 g/mol. The fraction of sp³-hybridized carbons (Fsp3) is 0.429. The summed E-state index contributed by atoms with van der Waals surface area (Å²) in [5.74, 6) is 0.0586. The Labute approximate surface area is 109 Å². The lowest BCUT2D eigenvalue weighted by Crippen LogP contribution is -2.15. The summed E-state index contributed by atoms with van der Waals surface area (Å²) in [6.07, 6.45) is 4.77. The van der Waals surface area contributed by atoms with Gasteiger partial charge < -0.3 is 9.72 Å². The van der Waals surface area contributed by atoms with Gasteiger partial charge in [0.05, 0.1) is 17.0 Å². The van der Waals surface area contributed by atoms with Crippen LogP contribution in [0.25, 0.3) is 10.9 Å². The highest BCUT2D eigenvalue weighted by Crippen LogP contribution is 2.21. The lowest BCUT2D eigenvalue weighted by atomic mass is 10.2. The molecule has 1 aliphatic carbocycles. The summed E-state index contributed by atoms with van der Waals surface area (Å²) >= 11 is 0. The molecule has 4 nitrogen and oxygen atoms in total. The Hall–Kier alpha value is -1.75. The normalized spacial score (nSPS) is 16.3. The predicted octanol–water partition coefficient (Wildman–Crippen LogP) is 2.52. The van der Waals surface area contributed by atoms with E-state index in [9.17, 15) is 9.18 Å². The molecule has 1 aromatic carbocycles. The quantitative estimate of drug-likeness (QED) is 0.924. The van der Waals surface area contributed by atoms with E-state index in [2.05, 4.69) is 9.97 Å². The fourth-order valence-corrected chi connectivity index (χ4v) is 2.48. The zero-order chi connectivity index (χ0) is 13.2. The molecule has 0 bridgehead atoms. The zero-order valence-corrected chi connectivity index (χ0v) is 10.5. The summed E-state index contributed by atoms with van der Waals surface area (Å²) in [5.41, 5.74) is 0.115. The first kappa shape index (κ1) is 12.3. The van der Waals surface area contributed by atoms with E-state index < -0.39 is 5.82 Å². The maximum atomic E-state index is 13.1. The van der Waals surface area contributed by atoms with Gasteiger partial charge in [0, 0.05) is 6.07 Å². The van der Waals surface area contributed by atoms with Gasteiger partial charge in [-0.25, -0.2) is 9.37 Å². The minimum absolute atomic E-state index is 0.255. The molecule has 0 saturated heterocycles. The summed E-state index contributed by atoms with van der Waals surface area (Å²) < 4.78 is 18.8. The number of hydrogen-bond donors (Lipinski definition) is 1. The fourth-order valence-electron chi connectivity index (χ4n) is 2.48. The summed E-state index contributed by atoms with van der Waals surface area (Å²) in [6.45, 7) is 0.270. The monoisotopic (exact) mass is 262 g/mol. The topological polar surface area (TPSA) is 55.0 Å². The highest BCUT2D eigenvalue weighted by Gasteiger charge is 2.16. The Bertz CT molecular complexity index is 647. The van der Waals surface area contributed by atoms with E-state index in [1.54, 1.807) is 0 Å².